The van der Waals surface area contributed by atoms with Crippen LogP contribution in [0.3, 0.4) is 0 Å². The van der Waals surface area contributed by atoms with Gasteiger partial charge in [-0.3, -0.25) is 9.59 Å². The molecule has 29 heavy (non-hydrogen) atoms. The number of benzene rings is 1. The summed E-state index contributed by atoms with van der Waals surface area (Å²) < 4.78 is 6.59. The van der Waals surface area contributed by atoms with Gasteiger partial charge < -0.3 is 14.6 Å². The summed E-state index contributed by atoms with van der Waals surface area (Å²) in [6.45, 7) is 3.05. The molecular weight excluding hydrogens is 461 g/mol. The van der Waals surface area contributed by atoms with Gasteiger partial charge >= 0.3 is 5.97 Å². The van der Waals surface area contributed by atoms with Gasteiger partial charge in [0, 0.05) is 7.05 Å². The first kappa shape index (κ1) is 21.6. The second-order valence-electron chi connectivity index (χ2n) is 6.18. The Morgan fingerprint density at radius 3 is 2.55 bits per heavy atom. The first-order chi connectivity index (χ1) is 13.6. The molecule has 11 heteroatoms. The van der Waals surface area contributed by atoms with Gasteiger partial charge in [0.25, 0.3) is 11.5 Å². The molecular formula is C18H14Cl3N3O4S. The minimum Gasteiger partial charge on any atom is -0.448 e. The van der Waals surface area contributed by atoms with Crippen molar-refractivity contribution in [1.82, 2.24) is 9.55 Å². The number of hydrogen-bond donors (Lipinski definition) is 1. The van der Waals surface area contributed by atoms with Crippen LogP contribution >= 0.6 is 46.1 Å². The molecule has 1 aromatic carbocycles. The molecule has 0 spiro atoms. The maximum Gasteiger partial charge on any atom is 0.349 e. The van der Waals surface area contributed by atoms with E-state index in [0.29, 0.717) is 15.8 Å². The Hall–Kier alpha value is -2.13. The van der Waals surface area contributed by atoms with E-state index in [4.69, 9.17) is 39.5 Å². The number of hydrogen-bond acceptors (Lipinski definition) is 6. The number of aromatic nitrogens is 2. The number of carbonyl (C=O) groups is 2. The third kappa shape index (κ3) is 4.25. The fourth-order valence-corrected chi connectivity index (χ4v) is 4.14. The summed E-state index contributed by atoms with van der Waals surface area (Å²) >= 11 is 18.9. The van der Waals surface area contributed by atoms with Crippen LogP contribution in [0.1, 0.15) is 22.2 Å². The van der Waals surface area contributed by atoms with Gasteiger partial charge in [-0.25, -0.2) is 9.78 Å². The van der Waals surface area contributed by atoms with Crippen molar-refractivity contribution in [3.8, 4) is 0 Å². The molecule has 0 fully saturated rings. The second kappa shape index (κ2) is 8.31. The standard InChI is InChI=1S/C18H14Cl3N3O4S/c1-7-13-16(22-6-24(3)17(13)26)29-14(7)18(27)28-8(2)15(25)23-12-5-10(20)9(19)4-11(12)21/h4-6,8H,1-3H3,(H,23,25). The zero-order chi connectivity index (χ0) is 21.5. The van der Waals surface area contributed by atoms with Crippen molar-refractivity contribution in [2.24, 2.45) is 7.05 Å². The lowest BCUT2D eigenvalue weighted by atomic mass is 10.2. The Kier molecular flexibility index (Phi) is 6.19. The van der Waals surface area contributed by atoms with Crippen LogP contribution < -0.4 is 10.9 Å². The molecule has 0 radical (unpaired) electrons. The van der Waals surface area contributed by atoms with E-state index < -0.39 is 18.0 Å². The normalized spacial score (nSPS) is 12.1. The molecule has 0 bridgehead atoms. The average molecular weight is 475 g/mol. The zero-order valence-corrected chi connectivity index (χ0v) is 18.5. The lowest BCUT2D eigenvalue weighted by molar-refractivity contribution is -0.123. The fourth-order valence-electron chi connectivity index (χ4n) is 2.52. The van der Waals surface area contributed by atoms with Gasteiger partial charge in [0.15, 0.2) is 6.10 Å². The van der Waals surface area contributed by atoms with Crippen molar-refractivity contribution in [1.29, 1.82) is 0 Å². The zero-order valence-electron chi connectivity index (χ0n) is 15.4. The van der Waals surface area contributed by atoms with Crippen LogP contribution in [0.5, 0.6) is 0 Å². The number of nitrogens with one attached hydrogen (secondary N) is 1. The molecule has 0 saturated carbocycles. The van der Waals surface area contributed by atoms with Crippen molar-refractivity contribution in [2.75, 3.05) is 5.32 Å². The van der Waals surface area contributed by atoms with Crippen LogP contribution in [-0.2, 0) is 16.6 Å². The maximum absolute atomic E-state index is 12.6. The van der Waals surface area contributed by atoms with Gasteiger partial charge in [-0.05, 0) is 31.5 Å². The van der Waals surface area contributed by atoms with E-state index in [1.807, 2.05) is 0 Å². The van der Waals surface area contributed by atoms with E-state index in [1.54, 1.807) is 14.0 Å². The number of fused-ring (bicyclic) bond motifs is 1. The summed E-state index contributed by atoms with van der Waals surface area (Å²) in [5, 5.41) is 3.54. The van der Waals surface area contributed by atoms with Crippen molar-refractivity contribution in [3.63, 3.8) is 0 Å². The van der Waals surface area contributed by atoms with Crippen LogP contribution in [0.25, 0.3) is 10.2 Å². The maximum atomic E-state index is 12.6. The fraction of sp³-hybridized carbons (Fsp3) is 0.222. The predicted molar refractivity (Wildman–Crippen MR) is 115 cm³/mol. The SMILES string of the molecule is Cc1c(C(=O)OC(C)C(=O)Nc2cc(Cl)c(Cl)cc2Cl)sc2ncn(C)c(=O)c12. The number of nitrogens with zero attached hydrogens (tertiary/aromatic N) is 2. The van der Waals surface area contributed by atoms with Crippen LogP contribution in [-0.4, -0.2) is 27.5 Å². The highest BCUT2D eigenvalue weighted by atomic mass is 35.5. The van der Waals surface area contributed by atoms with Crippen LogP contribution in [0.4, 0.5) is 5.69 Å². The number of aryl methyl sites for hydroxylation is 2. The highest BCUT2D eigenvalue weighted by Gasteiger charge is 2.25. The summed E-state index contributed by atoms with van der Waals surface area (Å²) in [7, 11) is 1.57. The van der Waals surface area contributed by atoms with Gasteiger partial charge in [0.2, 0.25) is 0 Å². The Labute approximate surface area is 184 Å². The third-order valence-electron chi connectivity index (χ3n) is 4.12. The molecule has 2 aromatic heterocycles. The number of carbonyl (C=O) groups excluding carboxylic acids is 2. The predicted octanol–water partition coefficient (Wildman–Crippen LogP) is 4.45. The van der Waals surface area contributed by atoms with E-state index >= 15 is 0 Å². The summed E-state index contributed by atoms with van der Waals surface area (Å²) in [6.07, 6.45) is 0.251. The Bertz CT molecular complexity index is 1210. The monoisotopic (exact) mass is 473 g/mol. The van der Waals surface area contributed by atoms with Crippen LogP contribution in [0.2, 0.25) is 15.1 Å². The summed E-state index contributed by atoms with van der Waals surface area (Å²) in [6, 6.07) is 2.79. The molecule has 0 aliphatic rings. The summed E-state index contributed by atoms with van der Waals surface area (Å²) in [5.74, 6) is -1.33. The lowest BCUT2D eigenvalue weighted by Crippen LogP contribution is -2.30. The van der Waals surface area contributed by atoms with E-state index in [9.17, 15) is 14.4 Å². The largest absolute Gasteiger partial charge is 0.448 e. The molecule has 1 N–H and O–H groups in total. The van der Waals surface area contributed by atoms with E-state index in [2.05, 4.69) is 10.3 Å². The summed E-state index contributed by atoms with van der Waals surface area (Å²) in [5.41, 5.74) is 0.436. The van der Waals surface area contributed by atoms with Gasteiger partial charge in [0.1, 0.15) is 9.71 Å². The minimum atomic E-state index is -1.13. The number of ether oxygens (including phenoxy) is 1. The van der Waals surface area contributed by atoms with Gasteiger partial charge in [-0.2, -0.15) is 0 Å². The highest BCUT2D eigenvalue weighted by molar-refractivity contribution is 7.20. The number of thiophene rings is 1. The molecule has 3 aromatic rings. The summed E-state index contributed by atoms with van der Waals surface area (Å²) in [4.78, 5) is 42.0. The van der Waals surface area contributed by atoms with E-state index in [1.165, 1.54) is 30.0 Å². The molecule has 7 nitrogen and oxygen atoms in total. The lowest BCUT2D eigenvalue weighted by Gasteiger charge is -2.14. The Morgan fingerprint density at radius 2 is 1.86 bits per heavy atom. The minimum absolute atomic E-state index is 0.188. The quantitative estimate of drug-likeness (QED) is 0.446. The molecule has 0 aliphatic carbocycles. The molecule has 1 unspecified atom stereocenters. The molecule has 2 heterocycles. The first-order valence-electron chi connectivity index (χ1n) is 8.21. The number of amides is 1. The van der Waals surface area contributed by atoms with E-state index in [0.717, 1.165) is 11.3 Å². The van der Waals surface area contributed by atoms with Gasteiger partial charge in [0.05, 0.1) is 32.5 Å². The van der Waals surface area contributed by atoms with Crippen LogP contribution in [0, 0.1) is 6.92 Å². The smallest absolute Gasteiger partial charge is 0.349 e. The molecule has 152 valence electrons. The topological polar surface area (TPSA) is 90.3 Å². The van der Waals surface area contributed by atoms with Gasteiger partial charge in [-0.15, -0.1) is 11.3 Å². The number of halogens is 3. The molecule has 1 atom stereocenters. The number of anilines is 1. The molecule has 0 aliphatic heterocycles. The van der Waals surface area contributed by atoms with Gasteiger partial charge in [-0.1, -0.05) is 34.8 Å². The molecule has 3 rings (SSSR count). The van der Waals surface area contributed by atoms with Crippen molar-refractivity contribution in [2.45, 2.75) is 20.0 Å². The van der Waals surface area contributed by atoms with Crippen molar-refractivity contribution < 1.29 is 14.3 Å². The molecule has 1 amide bonds. The first-order valence-corrected chi connectivity index (χ1v) is 10.2. The highest BCUT2D eigenvalue weighted by Crippen LogP contribution is 2.32. The average Bonchev–Trinajstić information content (AvgIpc) is 3.00. The van der Waals surface area contributed by atoms with Crippen molar-refractivity contribution in [3.05, 3.63) is 54.3 Å². The Morgan fingerprint density at radius 1 is 1.21 bits per heavy atom. The van der Waals surface area contributed by atoms with Crippen LogP contribution in [0.15, 0.2) is 23.3 Å². The molecule has 0 saturated heterocycles. The Balaban J connectivity index is 1.79. The number of rotatable bonds is 4. The third-order valence-corrected chi connectivity index (χ3v) is 6.33. The second-order valence-corrected chi connectivity index (χ2v) is 8.40. The van der Waals surface area contributed by atoms with E-state index in [-0.39, 0.29) is 31.2 Å². The van der Waals surface area contributed by atoms with Crippen molar-refractivity contribution >= 4 is 73.9 Å². The number of esters is 1.